The fraction of sp³-hybridized carbons (Fsp3) is 0.294. The first kappa shape index (κ1) is 18.3. The largest absolute Gasteiger partial charge is 0.750 e. The van der Waals surface area contributed by atoms with Gasteiger partial charge in [0.1, 0.15) is 18.5 Å². The van der Waals surface area contributed by atoms with E-state index in [4.69, 9.17) is 19.5 Å². The quantitative estimate of drug-likeness (QED) is 0.574. The molecule has 3 aromatic rings. The molecule has 0 spiro atoms. The topological polar surface area (TPSA) is 101 Å². The number of hydrogen-bond acceptors (Lipinski definition) is 7. The molecule has 0 bridgehead atoms. The van der Waals surface area contributed by atoms with Crippen LogP contribution in [0.25, 0.3) is 5.52 Å². The standard InChI is InChI=1S/C17H20N4O4P/c1-23-15(11-24-26(22)25-14-5-3-2-4-6-14)9-7-13-8-10-16-17(18)19-12-20-21(13)16/h2-6,8,10,12,15H,7,9,11H2,1H3,(H2,18,19,20)/q+1. The van der Waals surface area contributed by atoms with E-state index in [1.807, 2.05) is 18.2 Å². The summed E-state index contributed by atoms with van der Waals surface area (Å²) in [6.07, 6.45) is 2.57. The highest BCUT2D eigenvalue weighted by atomic mass is 31.1. The smallest absolute Gasteiger partial charge is 0.382 e. The van der Waals surface area contributed by atoms with Crippen LogP contribution in [-0.2, 0) is 20.2 Å². The Bertz CT molecular complexity index is 872. The number of nitrogen functional groups attached to an aromatic ring is 1. The molecule has 0 amide bonds. The number of nitrogens with two attached hydrogens (primary N) is 1. The van der Waals surface area contributed by atoms with Crippen LogP contribution in [0.15, 0.2) is 48.8 Å². The van der Waals surface area contributed by atoms with Gasteiger partial charge in [-0.25, -0.2) is 14.0 Å². The van der Waals surface area contributed by atoms with E-state index in [0.717, 1.165) is 11.2 Å². The maximum absolute atomic E-state index is 11.9. The van der Waals surface area contributed by atoms with Gasteiger partial charge in [0, 0.05) is 17.4 Å². The maximum atomic E-state index is 11.9. The van der Waals surface area contributed by atoms with Gasteiger partial charge in [0.2, 0.25) is 0 Å². The lowest BCUT2D eigenvalue weighted by molar-refractivity contribution is 0.0514. The zero-order valence-electron chi connectivity index (χ0n) is 14.3. The van der Waals surface area contributed by atoms with E-state index in [-0.39, 0.29) is 12.7 Å². The molecule has 136 valence electrons. The second-order valence-corrected chi connectivity index (χ2v) is 6.48. The molecule has 0 saturated carbocycles. The molecule has 2 atom stereocenters. The molecule has 3 rings (SSSR count). The highest BCUT2D eigenvalue weighted by Gasteiger charge is 2.25. The summed E-state index contributed by atoms with van der Waals surface area (Å²) in [4.78, 5) is 3.97. The number of nitrogens with zero attached hydrogens (tertiary/aromatic N) is 3. The summed E-state index contributed by atoms with van der Waals surface area (Å²) >= 11 is 0. The van der Waals surface area contributed by atoms with Crippen molar-refractivity contribution in [3.63, 3.8) is 0 Å². The van der Waals surface area contributed by atoms with Crippen molar-refractivity contribution in [1.82, 2.24) is 14.6 Å². The van der Waals surface area contributed by atoms with Crippen LogP contribution in [0.4, 0.5) is 5.82 Å². The number of ether oxygens (including phenoxy) is 1. The molecule has 0 saturated heterocycles. The average molecular weight is 375 g/mol. The van der Waals surface area contributed by atoms with E-state index in [2.05, 4.69) is 10.1 Å². The molecule has 2 unspecified atom stereocenters. The Morgan fingerprint density at radius 1 is 1.23 bits per heavy atom. The lowest BCUT2D eigenvalue weighted by atomic mass is 10.1. The van der Waals surface area contributed by atoms with Gasteiger partial charge < -0.3 is 10.5 Å². The van der Waals surface area contributed by atoms with Crippen molar-refractivity contribution >= 4 is 19.6 Å². The summed E-state index contributed by atoms with van der Waals surface area (Å²) in [5, 5.41) is 4.21. The number of methoxy groups -OCH3 is 1. The molecule has 0 aliphatic rings. The van der Waals surface area contributed by atoms with Crippen LogP contribution in [0.3, 0.4) is 0 Å². The van der Waals surface area contributed by atoms with E-state index in [9.17, 15) is 4.57 Å². The van der Waals surface area contributed by atoms with E-state index in [0.29, 0.717) is 24.4 Å². The molecule has 0 aliphatic carbocycles. The highest BCUT2D eigenvalue weighted by Crippen LogP contribution is 2.28. The van der Waals surface area contributed by atoms with Crippen molar-refractivity contribution in [3.05, 3.63) is 54.5 Å². The van der Waals surface area contributed by atoms with Crippen molar-refractivity contribution in [1.29, 1.82) is 0 Å². The van der Waals surface area contributed by atoms with E-state index in [1.165, 1.54) is 6.33 Å². The zero-order chi connectivity index (χ0) is 18.4. The number of aromatic nitrogens is 3. The number of aryl methyl sites for hydroxylation is 1. The molecule has 0 fully saturated rings. The lowest BCUT2D eigenvalue weighted by Gasteiger charge is -2.11. The summed E-state index contributed by atoms with van der Waals surface area (Å²) in [5.41, 5.74) is 7.59. The predicted molar refractivity (Wildman–Crippen MR) is 97.1 cm³/mol. The molecule has 0 aliphatic heterocycles. The number of rotatable bonds is 9. The third-order valence-corrected chi connectivity index (χ3v) is 4.62. The summed E-state index contributed by atoms with van der Waals surface area (Å²) in [7, 11) is -0.663. The van der Waals surface area contributed by atoms with Gasteiger partial charge >= 0.3 is 8.25 Å². The van der Waals surface area contributed by atoms with Crippen molar-refractivity contribution in [3.8, 4) is 5.75 Å². The Labute approximate surface area is 151 Å². The lowest BCUT2D eigenvalue weighted by Crippen LogP contribution is -2.18. The Morgan fingerprint density at radius 2 is 2.04 bits per heavy atom. The number of fused-ring (bicyclic) bond motifs is 1. The summed E-state index contributed by atoms with van der Waals surface area (Å²) in [5.74, 6) is 0.937. The molecule has 0 radical (unpaired) electrons. The van der Waals surface area contributed by atoms with Crippen molar-refractivity contribution in [2.24, 2.45) is 0 Å². The van der Waals surface area contributed by atoms with Gasteiger partial charge in [-0.3, -0.25) is 0 Å². The fourth-order valence-electron chi connectivity index (χ4n) is 2.51. The molecule has 2 aromatic heterocycles. The predicted octanol–water partition coefficient (Wildman–Crippen LogP) is 3.01. The van der Waals surface area contributed by atoms with Crippen LogP contribution in [-0.4, -0.2) is 34.4 Å². The van der Waals surface area contributed by atoms with Crippen LogP contribution < -0.4 is 10.3 Å². The average Bonchev–Trinajstić information content (AvgIpc) is 3.07. The van der Waals surface area contributed by atoms with E-state index in [1.54, 1.807) is 35.9 Å². The first-order valence-corrected chi connectivity index (χ1v) is 9.20. The highest BCUT2D eigenvalue weighted by molar-refractivity contribution is 7.33. The van der Waals surface area contributed by atoms with Crippen LogP contribution in [0, 0.1) is 0 Å². The van der Waals surface area contributed by atoms with Gasteiger partial charge in [-0.2, -0.15) is 5.10 Å². The number of benzene rings is 1. The molecule has 8 nitrogen and oxygen atoms in total. The van der Waals surface area contributed by atoms with E-state index >= 15 is 0 Å². The molecular formula is C17H20N4O4P+. The van der Waals surface area contributed by atoms with Crippen LogP contribution in [0.2, 0.25) is 0 Å². The van der Waals surface area contributed by atoms with Gasteiger partial charge in [0.05, 0.1) is 6.10 Å². The molecule has 9 heteroatoms. The second-order valence-electron chi connectivity index (χ2n) is 5.59. The third kappa shape index (κ3) is 4.54. The Hall–Kier alpha value is -2.54. The molecule has 2 N–H and O–H groups in total. The molecule has 1 aromatic carbocycles. The van der Waals surface area contributed by atoms with E-state index < -0.39 is 8.25 Å². The van der Waals surface area contributed by atoms with Crippen molar-refractivity contribution in [2.45, 2.75) is 18.9 Å². The summed E-state index contributed by atoms with van der Waals surface area (Å²) in [6.45, 7) is 0.166. The molecule has 2 heterocycles. The first-order valence-electron chi connectivity index (χ1n) is 8.10. The van der Waals surface area contributed by atoms with Crippen molar-refractivity contribution < 1.29 is 18.3 Å². The van der Waals surface area contributed by atoms with Gasteiger partial charge in [0.25, 0.3) is 0 Å². The SMILES string of the molecule is COC(CCc1ccc2c(N)ncnn12)CO[P+](=O)Oc1ccccc1. The monoisotopic (exact) mass is 375 g/mol. The van der Waals surface area contributed by atoms with Crippen LogP contribution >= 0.6 is 8.25 Å². The fourth-order valence-corrected chi connectivity index (χ4v) is 3.15. The van der Waals surface area contributed by atoms with Crippen LogP contribution in [0.5, 0.6) is 5.75 Å². The van der Waals surface area contributed by atoms with Gasteiger partial charge in [-0.05, 0) is 37.1 Å². The van der Waals surface area contributed by atoms with Gasteiger partial charge in [-0.15, -0.1) is 4.52 Å². The minimum Gasteiger partial charge on any atom is -0.382 e. The Kier molecular flexibility index (Phi) is 6.12. The molecular weight excluding hydrogens is 355 g/mol. The number of hydrogen-bond donors (Lipinski definition) is 1. The zero-order valence-corrected chi connectivity index (χ0v) is 15.2. The molecule has 26 heavy (non-hydrogen) atoms. The minimum atomic E-state index is -2.26. The summed E-state index contributed by atoms with van der Waals surface area (Å²) in [6, 6.07) is 12.7. The van der Waals surface area contributed by atoms with Gasteiger partial charge in [-0.1, -0.05) is 18.2 Å². The van der Waals surface area contributed by atoms with Crippen molar-refractivity contribution in [2.75, 3.05) is 19.5 Å². The van der Waals surface area contributed by atoms with Crippen LogP contribution in [0.1, 0.15) is 12.1 Å². The Morgan fingerprint density at radius 3 is 2.81 bits per heavy atom. The first-order chi connectivity index (χ1) is 12.7. The second kappa shape index (κ2) is 8.71. The Balaban J connectivity index is 1.51. The third-order valence-electron chi connectivity index (χ3n) is 3.90. The van der Waals surface area contributed by atoms with Gasteiger partial charge in [0.15, 0.2) is 11.6 Å². The summed E-state index contributed by atoms with van der Waals surface area (Å²) < 4.78 is 29.6. The number of anilines is 1. The number of para-hydroxylation sites is 1. The maximum Gasteiger partial charge on any atom is 0.750 e. The minimum absolute atomic E-state index is 0.166. The normalized spacial score (nSPS) is 12.9.